The molecule has 0 saturated carbocycles. The first-order chi connectivity index (χ1) is 10.2. The molecule has 1 aromatic carbocycles. The number of carbonyl (C=O) groups excluding carboxylic acids is 1. The summed E-state index contributed by atoms with van der Waals surface area (Å²) in [4.78, 5) is 15.0. The highest BCUT2D eigenvalue weighted by Crippen LogP contribution is 2.34. The van der Waals surface area contributed by atoms with Gasteiger partial charge in [-0.15, -0.1) is 11.3 Å². The minimum Gasteiger partial charge on any atom is -0.462 e. The number of nitrogens with zero attached hydrogens (tertiary/aromatic N) is 1. The van der Waals surface area contributed by atoms with Gasteiger partial charge >= 0.3 is 5.97 Å². The van der Waals surface area contributed by atoms with Crippen LogP contribution in [0.1, 0.15) is 23.5 Å². The first-order valence-corrected chi connectivity index (χ1v) is 8.19. The van der Waals surface area contributed by atoms with Gasteiger partial charge in [0.05, 0.1) is 6.61 Å². The van der Waals surface area contributed by atoms with Crippen molar-refractivity contribution in [2.75, 3.05) is 31.1 Å². The van der Waals surface area contributed by atoms with Crippen LogP contribution in [-0.2, 0) is 4.74 Å². The second kappa shape index (κ2) is 6.03. The Kier molecular flexibility index (Phi) is 4.12. The highest BCUT2D eigenvalue weighted by atomic mass is 32.1. The predicted molar refractivity (Wildman–Crippen MR) is 87.5 cm³/mol. The molecule has 2 heterocycles. The Morgan fingerprint density at radius 3 is 3.14 bits per heavy atom. The third-order valence-electron chi connectivity index (χ3n) is 3.83. The molecule has 1 unspecified atom stereocenters. The van der Waals surface area contributed by atoms with E-state index < -0.39 is 0 Å². The average molecular weight is 304 g/mol. The molecule has 1 saturated heterocycles. The molecule has 21 heavy (non-hydrogen) atoms. The number of nitrogens with one attached hydrogen (secondary N) is 1. The van der Waals surface area contributed by atoms with Crippen LogP contribution in [-0.4, -0.2) is 38.3 Å². The van der Waals surface area contributed by atoms with Crippen LogP contribution < -0.4 is 10.2 Å². The lowest BCUT2D eigenvalue weighted by Gasteiger charge is -2.36. The number of anilines is 1. The van der Waals surface area contributed by atoms with Gasteiger partial charge in [0, 0.05) is 41.4 Å². The van der Waals surface area contributed by atoms with Crippen molar-refractivity contribution in [3.8, 4) is 0 Å². The Bertz CT molecular complexity index is 653. The Morgan fingerprint density at radius 1 is 1.52 bits per heavy atom. The standard InChI is InChI=1S/C16H20N2O2S/c1-3-20-16(19)15-9-12-13(5-4-6-14(12)21-15)18-8-7-17-10-11(18)2/h4-6,9,11,17H,3,7-8,10H2,1-2H3. The number of fused-ring (bicyclic) bond motifs is 1. The molecule has 0 bridgehead atoms. The van der Waals surface area contributed by atoms with E-state index in [0.29, 0.717) is 17.5 Å². The largest absolute Gasteiger partial charge is 0.462 e. The van der Waals surface area contributed by atoms with Crippen molar-refractivity contribution in [3.63, 3.8) is 0 Å². The van der Waals surface area contributed by atoms with Gasteiger partial charge in [0.25, 0.3) is 0 Å². The number of benzene rings is 1. The topological polar surface area (TPSA) is 41.6 Å². The minimum absolute atomic E-state index is 0.224. The predicted octanol–water partition coefficient (Wildman–Crippen LogP) is 2.88. The lowest BCUT2D eigenvalue weighted by Crippen LogP contribution is -2.49. The number of thiophene rings is 1. The molecule has 112 valence electrons. The first-order valence-electron chi connectivity index (χ1n) is 7.37. The van der Waals surface area contributed by atoms with Gasteiger partial charge in [0.1, 0.15) is 4.88 Å². The zero-order chi connectivity index (χ0) is 14.8. The number of esters is 1. The molecule has 5 heteroatoms. The number of rotatable bonds is 3. The van der Waals surface area contributed by atoms with E-state index in [1.54, 1.807) is 0 Å². The van der Waals surface area contributed by atoms with Crippen molar-refractivity contribution in [3.05, 3.63) is 29.1 Å². The van der Waals surface area contributed by atoms with Gasteiger partial charge in [0.15, 0.2) is 0 Å². The molecule has 1 atom stereocenters. The summed E-state index contributed by atoms with van der Waals surface area (Å²) in [5.74, 6) is -0.224. The molecule has 1 aliphatic rings. The molecule has 0 radical (unpaired) electrons. The third-order valence-corrected chi connectivity index (χ3v) is 4.91. The van der Waals surface area contributed by atoms with Gasteiger partial charge in [-0.3, -0.25) is 0 Å². The number of carbonyl (C=O) groups is 1. The van der Waals surface area contributed by atoms with Crippen LogP contribution in [0.3, 0.4) is 0 Å². The maximum Gasteiger partial charge on any atom is 0.348 e. The number of piperazine rings is 1. The molecule has 1 N–H and O–H groups in total. The van der Waals surface area contributed by atoms with E-state index in [0.717, 1.165) is 29.7 Å². The molecule has 4 nitrogen and oxygen atoms in total. The van der Waals surface area contributed by atoms with E-state index in [1.807, 2.05) is 13.0 Å². The maximum absolute atomic E-state index is 11.9. The highest BCUT2D eigenvalue weighted by molar-refractivity contribution is 7.20. The summed E-state index contributed by atoms with van der Waals surface area (Å²) in [7, 11) is 0. The fourth-order valence-electron chi connectivity index (χ4n) is 2.80. The summed E-state index contributed by atoms with van der Waals surface area (Å²) < 4.78 is 6.25. The Labute approximate surface area is 128 Å². The molecule has 1 fully saturated rings. The lowest BCUT2D eigenvalue weighted by atomic mass is 10.1. The van der Waals surface area contributed by atoms with Crippen LogP contribution >= 0.6 is 11.3 Å². The fourth-order valence-corrected chi connectivity index (χ4v) is 3.77. The molecule has 1 aromatic heterocycles. The van der Waals surface area contributed by atoms with Crippen molar-refractivity contribution >= 4 is 33.1 Å². The second-order valence-electron chi connectivity index (χ2n) is 5.27. The molecule has 0 spiro atoms. The quantitative estimate of drug-likeness (QED) is 0.885. The molecule has 0 aliphatic carbocycles. The molecule has 3 rings (SSSR count). The fraction of sp³-hybridized carbons (Fsp3) is 0.438. The van der Waals surface area contributed by atoms with E-state index in [2.05, 4.69) is 35.3 Å². The number of hydrogen-bond acceptors (Lipinski definition) is 5. The monoisotopic (exact) mass is 304 g/mol. The first kappa shape index (κ1) is 14.4. The summed E-state index contributed by atoms with van der Waals surface area (Å²) in [6, 6.07) is 8.71. The lowest BCUT2D eigenvalue weighted by molar-refractivity contribution is 0.0532. The zero-order valence-corrected chi connectivity index (χ0v) is 13.2. The Balaban J connectivity index is 2.01. The van der Waals surface area contributed by atoms with Crippen LogP contribution in [0, 0.1) is 0 Å². The summed E-state index contributed by atoms with van der Waals surface area (Å²) in [5.41, 5.74) is 1.22. The van der Waals surface area contributed by atoms with E-state index >= 15 is 0 Å². The van der Waals surface area contributed by atoms with E-state index in [9.17, 15) is 4.79 Å². The van der Waals surface area contributed by atoms with E-state index in [1.165, 1.54) is 17.0 Å². The average Bonchev–Trinajstić information content (AvgIpc) is 2.92. The highest BCUT2D eigenvalue weighted by Gasteiger charge is 2.21. The van der Waals surface area contributed by atoms with Crippen molar-refractivity contribution in [2.45, 2.75) is 19.9 Å². The van der Waals surface area contributed by atoms with Gasteiger partial charge in [-0.1, -0.05) is 6.07 Å². The van der Waals surface area contributed by atoms with Gasteiger partial charge < -0.3 is 15.0 Å². The van der Waals surface area contributed by atoms with Gasteiger partial charge in [-0.2, -0.15) is 0 Å². The van der Waals surface area contributed by atoms with Gasteiger partial charge in [-0.05, 0) is 32.0 Å². The van der Waals surface area contributed by atoms with Crippen LogP contribution in [0.4, 0.5) is 5.69 Å². The molecular weight excluding hydrogens is 284 g/mol. The minimum atomic E-state index is -0.224. The SMILES string of the molecule is CCOC(=O)c1cc2c(N3CCNCC3C)cccc2s1. The Hall–Kier alpha value is -1.59. The summed E-state index contributed by atoms with van der Waals surface area (Å²) in [6.45, 7) is 7.45. The number of ether oxygens (including phenoxy) is 1. The van der Waals surface area contributed by atoms with Crippen molar-refractivity contribution in [1.29, 1.82) is 0 Å². The Morgan fingerprint density at radius 2 is 2.38 bits per heavy atom. The van der Waals surface area contributed by atoms with Gasteiger partial charge in [-0.25, -0.2) is 4.79 Å². The van der Waals surface area contributed by atoms with Crippen LogP contribution in [0.25, 0.3) is 10.1 Å². The van der Waals surface area contributed by atoms with Crippen molar-refractivity contribution in [2.24, 2.45) is 0 Å². The van der Waals surface area contributed by atoms with Crippen LogP contribution in [0.2, 0.25) is 0 Å². The van der Waals surface area contributed by atoms with Crippen molar-refractivity contribution < 1.29 is 9.53 Å². The molecule has 1 aliphatic heterocycles. The zero-order valence-electron chi connectivity index (χ0n) is 12.4. The van der Waals surface area contributed by atoms with Crippen LogP contribution in [0.5, 0.6) is 0 Å². The number of hydrogen-bond donors (Lipinski definition) is 1. The summed E-state index contributed by atoms with van der Waals surface area (Å²) in [5, 5.41) is 4.56. The smallest absolute Gasteiger partial charge is 0.348 e. The maximum atomic E-state index is 11.9. The summed E-state index contributed by atoms with van der Waals surface area (Å²) >= 11 is 1.51. The molecule has 2 aromatic rings. The van der Waals surface area contributed by atoms with Gasteiger partial charge in [0.2, 0.25) is 0 Å². The third kappa shape index (κ3) is 2.76. The van der Waals surface area contributed by atoms with Crippen molar-refractivity contribution in [1.82, 2.24) is 5.32 Å². The van der Waals surface area contributed by atoms with E-state index in [-0.39, 0.29) is 5.97 Å². The second-order valence-corrected chi connectivity index (χ2v) is 6.35. The van der Waals surface area contributed by atoms with E-state index in [4.69, 9.17) is 4.74 Å². The normalized spacial score (nSPS) is 19.0. The van der Waals surface area contributed by atoms with Crippen LogP contribution in [0.15, 0.2) is 24.3 Å². The summed E-state index contributed by atoms with van der Waals surface area (Å²) in [6.07, 6.45) is 0. The molecule has 0 amide bonds. The molecular formula is C16H20N2O2S.